The third-order valence-corrected chi connectivity index (χ3v) is 3.36. The molecule has 15 heavy (non-hydrogen) atoms. The van der Waals surface area contributed by atoms with Crippen molar-refractivity contribution >= 4 is 22.9 Å². The number of hydrogen-bond acceptors (Lipinski definition) is 3. The minimum absolute atomic E-state index is 0.346. The average molecular weight is 242 g/mol. The molecule has 0 atom stereocenters. The van der Waals surface area contributed by atoms with Crippen LogP contribution in [-0.2, 0) is 6.61 Å². The first kappa shape index (κ1) is 9.12. The summed E-state index contributed by atoms with van der Waals surface area (Å²) < 4.78 is 19.1. The Balaban J connectivity index is 2.32. The highest BCUT2D eigenvalue weighted by atomic mass is 35.5. The number of fused-ring (bicyclic) bond motifs is 3. The minimum Gasteiger partial charge on any atom is -0.486 e. The maximum atomic E-state index is 13.7. The SMILES string of the molecule is Fc1cc(Cl)cc2c1-c1scnc1CO2. The second kappa shape index (κ2) is 3.18. The third kappa shape index (κ3) is 1.33. The van der Waals surface area contributed by atoms with Crippen LogP contribution in [0.5, 0.6) is 5.75 Å². The zero-order valence-electron chi connectivity index (χ0n) is 7.46. The number of hydrogen-bond donors (Lipinski definition) is 0. The molecule has 0 bridgehead atoms. The van der Waals surface area contributed by atoms with Gasteiger partial charge in [-0.25, -0.2) is 9.37 Å². The molecule has 0 N–H and O–H groups in total. The van der Waals surface area contributed by atoms with Gasteiger partial charge >= 0.3 is 0 Å². The van der Waals surface area contributed by atoms with Crippen LogP contribution >= 0.6 is 22.9 Å². The summed E-state index contributed by atoms with van der Waals surface area (Å²) in [6.07, 6.45) is 0. The van der Waals surface area contributed by atoms with Gasteiger partial charge in [-0.1, -0.05) is 11.6 Å². The Kier molecular flexibility index (Phi) is 1.94. The molecule has 2 heterocycles. The molecule has 0 saturated carbocycles. The van der Waals surface area contributed by atoms with Gasteiger partial charge in [-0.15, -0.1) is 11.3 Å². The third-order valence-electron chi connectivity index (χ3n) is 2.25. The summed E-state index contributed by atoms with van der Waals surface area (Å²) in [5.41, 5.74) is 2.95. The van der Waals surface area contributed by atoms with Crippen LogP contribution in [0.1, 0.15) is 5.69 Å². The molecule has 2 nitrogen and oxygen atoms in total. The number of rotatable bonds is 0. The van der Waals surface area contributed by atoms with Crippen LogP contribution in [0.4, 0.5) is 4.39 Å². The lowest BCUT2D eigenvalue weighted by Crippen LogP contribution is -2.05. The van der Waals surface area contributed by atoms with E-state index in [4.69, 9.17) is 16.3 Å². The van der Waals surface area contributed by atoms with E-state index >= 15 is 0 Å². The lowest BCUT2D eigenvalue weighted by atomic mass is 10.1. The Morgan fingerprint density at radius 3 is 3.20 bits per heavy atom. The average Bonchev–Trinajstić information content (AvgIpc) is 2.63. The quantitative estimate of drug-likeness (QED) is 0.704. The summed E-state index contributed by atoms with van der Waals surface area (Å²) in [5.74, 6) is 0.138. The Morgan fingerprint density at radius 1 is 1.47 bits per heavy atom. The minimum atomic E-state index is -0.359. The van der Waals surface area contributed by atoms with Crippen molar-refractivity contribution in [2.24, 2.45) is 0 Å². The molecule has 1 aromatic carbocycles. The van der Waals surface area contributed by atoms with Crippen molar-refractivity contribution in [3.8, 4) is 16.2 Å². The molecular formula is C10H5ClFNOS. The van der Waals surface area contributed by atoms with Gasteiger partial charge in [-0.3, -0.25) is 0 Å². The standard InChI is InChI=1S/C10H5ClFNOS/c11-5-1-6(12)9-8(2-5)14-3-7-10(9)15-4-13-7/h1-2,4H,3H2. The summed E-state index contributed by atoms with van der Waals surface area (Å²) in [6.45, 7) is 0.381. The van der Waals surface area contributed by atoms with Crippen LogP contribution in [0.15, 0.2) is 17.6 Å². The van der Waals surface area contributed by atoms with Gasteiger partial charge in [0.15, 0.2) is 0 Å². The number of aromatic nitrogens is 1. The van der Waals surface area contributed by atoms with Gasteiger partial charge in [0, 0.05) is 5.02 Å². The van der Waals surface area contributed by atoms with Crippen molar-refractivity contribution in [1.82, 2.24) is 4.98 Å². The van der Waals surface area contributed by atoms with E-state index in [0.29, 0.717) is 22.9 Å². The molecule has 0 spiro atoms. The molecule has 1 aliphatic rings. The zero-order chi connectivity index (χ0) is 10.4. The molecule has 1 aromatic heterocycles. The Morgan fingerprint density at radius 2 is 2.33 bits per heavy atom. The Hall–Kier alpha value is -1.13. The highest BCUT2D eigenvalue weighted by Crippen LogP contribution is 2.42. The van der Waals surface area contributed by atoms with Crippen LogP contribution < -0.4 is 4.74 Å². The van der Waals surface area contributed by atoms with Crippen LogP contribution in [-0.4, -0.2) is 4.98 Å². The van der Waals surface area contributed by atoms with Crippen molar-refractivity contribution in [1.29, 1.82) is 0 Å². The van der Waals surface area contributed by atoms with E-state index in [-0.39, 0.29) is 5.82 Å². The first-order valence-corrected chi connectivity index (χ1v) is 5.56. The lowest BCUT2D eigenvalue weighted by Gasteiger charge is -2.17. The molecule has 0 unspecified atom stereocenters. The highest BCUT2D eigenvalue weighted by Gasteiger charge is 2.23. The molecule has 1 aliphatic heterocycles. The zero-order valence-corrected chi connectivity index (χ0v) is 9.03. The predicted octanol–water partition coefficient (Wildman–Crippen LogP) is 3.50. The monoisotopic (exact) mass is 241 g/mol. The Labute approximate surface area is 94.3 Å². The van der Waals surface area contributed by atoms with Gasteiger partial charge in [0.1, 0.15) is 18.2 Å². The van der Waals surface area contributed by atoms with Crippen molar-refractivity contribution in [2.75, 3.05) is 0 Å². The Bertz CT molecular complexity index is 540. The van der Waals surface area contributed by atoms with E-state index in [0.717, 1.165) is 10.6 Å². The van der Waals surface area contributed by atoms with Gasteiger partial charge in [0.25, 0.3) is 0 Å². The largest absolute Gasteiger partial charge is 0.486 e. The molecule has 0 radical (unpaired) electrons. The number of halogens is 2. The van der Waals surface area contributed by atoms with E-state index < -0.39 is 0 Å². The summed E-state index contributed by atoms with van der Waals surface area (Å²) in [6, 6.07) is 2.92. The molecule has 2 aromatic rings. The fraction of sp³-hybridized carbons (Fsp3) is 0.100. The normalized spacial score (nSPS) is 12.9. The number of nitrogens with zero attached hydrogens (tertiary/aromatic N) is 1. The van der Waals surface area contributed by atoms with E-state index in [1.807, 2.05) is 0 Å². The lowest BCUT2D eigenvalue weighted by molar-refractivity contribution is 0.296. The van der Waals surface area contributed by atoms with E-state index in [9.17, 15) is 4.39 Å². The summed E-state index contributed by atoms with van der Waals surface area (Å²) >= 11 is 7.16. The van der Waals surface area contributed by atoms with Crippen molar-refractivity contribution in [2.45, 2.75) is 6.61 Å². The number of ether oxygens (including phenoxy) is 1. The van der Waals surface area contributed by atoms with E-state index in [1.165, 1.54) is 17.4 Å². The van der Waals surface area contributed by atoms with Crippen molar-refractivity contribution < 1.29 is 9.13 Å². The molecule has 0 aliphatic carbocycles. The molecule has 0 saturated heterocycles. The summed E-state index contributed by atoms with van der Waals surface area (Å²) in [7, 11) is 0. The van der Waals surface area contributed by atoms with Gasteiger partial charge in [0.2, 0.25) is 0 Å². The molecule has 0 fully saturated rings. The second-order valence-electron chi connectivity index (χ2n) is 3.18. The number of benzene rings is 1. The highest BCUT2D eigenvalue weighted by molar-refractivity contribution is 7.13. The fourth-order valence-corrected chi connectivity index (χ4v) is 2.65. The van der Waals surface area contributed by atoms with E-state index in [1.54, 1.807) is 11.6 Å². The van der Waals surface area contributed by atoms with Crippen LogP contribution in [0, 0.1) is 5.82 Å². The molecule has 76 valence electrons. The van der Waals surface area contributed by atoms with Crippen molar-refractivity contribution in [3.63, 3.8) is 0 Å². The molecular weight excluding hydrogens is 237 g/mol. The maximum absolute atomic E-state index is 13.7. The van der Waals surface area contributed by atoms with Crippen LogP contribution in [0.25, 0.3) is 10.4 Å². The summed E-state index contributed by atoms with van der Waals surface area (Å²) in [5, 5.41) is 0.346. The van der Waals surface area contributed by atoms with Crippen LogP contribution in [0.2, 0.25) is 5.02 Å². The van der Waals surface area contributed by atoms with Gasteiger partial charge in [0.05, 0.1) is 21.6 Å². The maximum Gasteiger partial charge on any atom is 0.137 e. The second-order valence-corrected chi connectivity index (χ2v) is 4.47. The fourth-order valence-electron chi connectivity index (χ4n) is 1.61. The van der Waals surface area contributed by atoms with E-state index in [2.05, 4.69) is 4.98 Å². The predicted molar refractivity (Wildman–Crippen MR) is 56.9 cm³/mol. The van der Waals surface area contributed by atoms with Gasteiger partial charge < -0.3 is 4.74 Å². The first-order chi connectivity index (χ1) is 7.25. The molecule has 0 amide bonds. The molecule has 3 rings (SSSR count). The van der Waals surface area contributed by atoms with Crippen LogP contribution in [0.3, 0.4) is 0 Å². The number of thiazole rings is 1. The first-order valence-electron chi connectivity index (χ1n) is 4.30. The topological polar surface area (TPSA) is 22.1 Å². The van der Waals surface area contributed by atoms with Gasteiger partial charge in [-0.05, 0) is 12.1 Å². The smallest absolute Gasteiger partial charge is 0.137 e. The summed E-state index contributed by atoms with van der Waals surface area (Å²) in [4.78, 5) is 4.95. The van der Waals surface area contributed by atoms with Crippen molar-refractivity contribution in [3.05, 3.63) is 34.2 Å². The van der Waals surface area contributed by atoms with Gasteiger partial charge in [-0.2, -0.15) is 0 Å². The molecule has 5 heteroatoms.